The summed E-state index contributed by atoms with van der Waals surface area (Å²) in [5.74, 6) is 0.315. The van der Waals surface area contributed by atoms with Crippen molar-refractivity contribution in [2.75, 3.05) is 11.4 Å². The summed E-state index contributed by atoms with van der Waals surface area (Å²) < 4.78 is 0. The van der Waals surface area contributed by atoms with Crippen molar-refractivity contribution in [2.24, 2.45) is 0 Å². The summed E-state index contributed by atoms with van der Waals surface area (Å²) in [6.45, 7) is 0.806. The van der Waals surface area contributed by atoms with Crippen LogP contribution in [0.15, 0.2) is 24.3 Å². The maximum absolute atomic E-state index is 12.3. The van der Waals surface area contributed by atoms with E-state index in [0.29, 0.717) is 18.9 Å². The van der Waals surface area contributed by atoms with E-state index in [2.05, 4.69) is 5.32 Å². The normalized spacial score (nSPS) is 19.8. The third-order valence-corrected chi connectivity index (χ3v) is 5.16. The van der Waals surface area contributed by atoms with Gasteiger partial charge in [-0.25, -0.2) is 0 Å². The average Bonchev–Trinajstić information content (AvgIpc) is 2.97. The monoisotopic (exact) mass is 328 g/mol. The van der Waals surface area contributed by atoms with Gasteiger partial charge in [0.15, 0.2) is 0 Å². The third-order valence-electron chi connectivity index (χ3n) is 5.16. The summed E-state index contributed by atoms with van der Waals surface area (Å²) in [5, 5.41) is 3.21. The lowest BCUT2D eigenvalue weighted by Gasteiger charge is -2.21. The van der Waals surface area contributed by atoms with Gasteiger partial charge in [-0.3, -0.25) is 9.59 Å². The maximum atomic E-state index is 12.3. The zero-order valence-electron chi connectivity index (χ0n) is 14.4. The number of rotatable bonds is 4. The number of nitrogens with zero attached hydrogens (tertiary/aromatic N) is 1. The summed E-state index contributed by atoms with van der Waals surface area (Å²) in [6.07, 6.45) is 10.6. The Labute approximate surface area is 144 Å². The van der Waals surface area contributed by atoms with E-state index in [4.69, 9.17) is 0 Å². The number of carbonyl (C=O) groups excluding carboxylic acids is 2. The Hall–Kier alpha value is -1.84. The van der Waals surface area contributed by atoms with Crippen molar-refractivity contribution >= 4 is 17.5 Å². The molecule has 2 fully saturated rings. The van der Waals surface area contributed by atoms with Crippen LogP contribution < -0.4 is 10.2 Å². The topological polar surface area (TPSA) is 49.4 Å². The summed E-state index contributed by atoms with van der Waals surface area (Å²) in [5.41, 5.74) is 1.95. The zero-order chi connectivity index (χ0) is 16.8. The third kappa shape index (κ3) is 4.59. The molecule has 0 spiro atoms. The molecule has 4 heteroatoms. The van der Waals surface area contributed by atoms with E-state index in [1.807, 2.05) is 29.2 Å². The minimum atomic E-state index is 0.116. The van der Waals surface area contributed by atoms with Gasteiger partial charge in [-0.2, -0.15) is 0 Å². The molecule has 2 amide bonds. The van der Waals surface area contributed by atoms with Crippen LogP contribution in [0.1, 0.15) is 63.4 Å². The molecule has 1 aliphatic heterocycles. The van der Waals surface area contributed by atoms with Crippen LogP contribution in [0.4, 0.5) is 5.69 Å². The Kier molecular flexibility index (Phi) is 5.89. The molecule has 0 atom stereocenters. The second-order valence-corrected chi connectivity index (χ2v) is 7.10. The highest BCUT2D eigenvalue weighted by Crippen LogP contribution is 2.22. The first-order chi connectivity index (χ1) is 11.7. The van der Waals surface area contributed by atoms with Crippen LogP contribution in [0, 0.1) is 0 Å². The van der Waals surface area contributed by atoms with Gasteiger partial charge in [-0.1, -0.05) is 44.2 Å². The van der Waals surface area contributed by atoms with Gasteiger partial charge >= 0.3 is 0 Å². The van der Waals surface area contributed by atoms with Crippen LogP contribution in [0.3, 0.4) is 0 Å². The molecule has 1 saturated heterocycles. The standard InChI is InChI=1S/C20H28N2O2/c23-19(21-17-7-4-2-1-3-5-8-17)15-16-10-12-18(13-11-16)22-14-6-9-20(22)24/h10-13,17H,1-9,14-15H2,(H,21,23). The molecule has 0 radical (unpaired) electrons. The number of carbonyl (C=O) groups is 2. The Morgan fingerprint density at radius 2 is 1.67 bits per heavy atom. The summed E-state index contributed by atoms with van der Waals surface area (Å²) in [7, 11) is 0. The fourth-order valence-electron chi connectivity index (χ4n) is 3.78. The summed E-state index contributed by atoms with van der Waals surface area (Å²) in [4.78, 5) is 25.9. The molecule has 1 N–H and O–H groups in total. The largest absolute Gasteiger partial charge is 0.353 e. The van der Waals surface area contributed by atoms with Crippen molar-refractivity contribution in [3.05, 3.63) is 29.8 Å². The van der Waals surface area contributed by atoms with Crippen molar-refractivity contribution in [1.82, 2.24) is 5.32 Å². The Morgan fingerprint density at radius 1 is 1.00 bits per heavy atom. The smallest absolute Gasteiger partial charge is 0.227 e. The van der Waals surface area contributed by atoms with E-state index >= 15 is 0 Å². The van der Waals surface area contributed by atoms with Crippen LogP contribution in [0.5, 0.6) is 0 Å². The highest BCUT2D eigenvalue weighted by molar-refractivity contribution is 5.95. The van der Waals surface area contributed by atoms with Gasteiger partial charge in [0, 0.05) is 24.7 Å². The molecule has 1 aromatic carbocycles. The Balaban J connectivity index is 1.51. The van der Waals surface area contributed by atoms with Crippen molar-refractivity contribution in [1.29, 1.82) is 0 Å². The van der Waals surface area contributed by atoms with Crippen molar-refractivity contribution in [3.8, 4) is 0 Å². The SMILES string of the molecule is O=C(Cc1ccc(N2CCCC2=O)cc1)NC1CCCCCCC1. The van der Waals surface area contributed by atoms with Gasteiger partial charge in [0.1, 0.15) is 0 Å². The van der Waals surface area contributed by atoms with E-state index in [-0.39, 0.29) is 11.8 Å². The summed E-state index contributed by atoms with van der Waals surface area (Å²) in [6, 6.07) is 8.21. The van der Waals surface area contributed by atoms with Crippen molar-refractivity contribution in [2.45, 2.75) is 70.3 Å². The van der Waals surface area contributed by atoms with Crippen LogP contribution in [0.25, 0.3) is 0 Å². The first kappa shape index (κ1) is 17.0. The molecule has 1 aliphatic carbocycles. The average molecular weight is 328 g/mol. The number of amides is 2. The van der Waals surface area contributed by atoms with Gasteiger partial charge < -0.3 is 10.2 Å². The first-order valence-electron chi connectivity index (χ1n) is 9.41. The van der Waals surface area contributed by atoms with E-state index < -0.39 is 0 Å². The predicted molar refractivity (Wildman–Crippen MR) is 96.0 cm³/mol. The fourth-order valence-corrected chi connectivity index (χ4v) is 3.78. The Morgan fingerprint density at radius 3 is 2.29 bits per heavy atom. The minimum absolute atomic E-state index is 0.116. The first-order valence-corrected chi connectivity index (χ1v) is 9.41. The molecule has 3 rings (SSSR count). The molecule has 1 saturated carbocycles. The lowest BCUT2D eigenvalue weighted by Crippen LogP contribution is -2.36. The summed E-state index contributed by atoms with van der Waals surface area (Å²) >= 11 is 0. The molecule has 24 heavy (non-hydrogen) atoms. The van der Waals surface area contributed by atoms with Crippen LogP contribution in [0.2, 0.25) is 0 Å². The van der Waals surface area contributed by atoms with Crippen LogP contribution in [-0.2, 0) is 16.0 Å². The molecule has 1 heterocycles. The number of nitrogens with one attached hydrogen (secondary N) is 1. The van der Waals surface area contributed by atoms with E-state index in [9.17, 15) is 9.59 Å². The van der Waals surface area contributed by atoms with Gasteiger partial charge in [0.25, 0.3) is 0 Å². The van der Waals surface area contributed by atoms with Crippen molar-refractivity contribution in [3.63, 3.8) is 0 Å². The van der Waals surface area contributed by atoms with Gasteiger partial charge in [0.2, 0.25) is 11.8 Å². The number of hydrogen-bond donors (Lipinski definition) is 1. The van der Waals surface area contributed by atoms with E-state index in [1.54, 1.807) is 0 Å². The second-order valence-electron chi connectivity index (χ2n) is 7.10. The molecule has 0 bridgehead atoms. The number of benzene rings is 1. The lowest BCUT2D eigenvalue weighted by atomic mass is 9.96. The molecule has 130 valence electrons. The molecule has 0 unspecified atom stereocenters. The molecule has 4 nitrogen and oxygen atoms in total. The fraction of sp³-hybridized carbons (Fsp3) is 0.600. The number of hydrogen-bond acceptors (Lipinski definition) is 2. The van der Waals surface area contributed by atoms with Gasteiger partial charge in [0.05, 0.1) is 6.42 Å². The second kappa shape index (κ2) is 8.32. The Bertz CT molecular complexity index is 560. The van der Waals surface area contributed by atoms with E-state index in [0.717, 1.165) is 37.1 Å². The zero-order valence-corrected chi connectivity index (χ0v) is 14.4. The van der Waals surface area contributed by atoms with Crippen molar-refractivity contribution < 1.29 is 9.59 Å². The predicted octanol–water partition coefficient (Wildman–Crippen LogP) is 3.59. The molecular formula is C20H28N2O2. The maximum Gasteiger partial charge on any atom is 0.227 e. The van der Waals surface area contributed by atoms with Gasteiger partial charge in [-0.05, 0) is 37.0 Å². The molecule has 0 aromatic heterocycles. The highest BCUT2D eigenvalue weighted by Gasteiger charge is 2.21. The molecule has 1 aromatic rings. The quantitative estimate of drug-likeness (QED) is 0.918. The van der Waals surface area contributed by atoms with E-state index in [1.165, 1.54) is 32.1 Å². The van der Waals surface area contributed by atoms with Crippen LogP contribution in [-0.4, -0.2) is 24.4 Å². The molecular weight excluding hydrogens is 300 g/mol. The highest BCUT2D eigenvalue weighted by atomic mass is 16.2. The number of anilines is 1. The lowest BCUT2D eigenvalue weighted by molar-refractivity contribution is -0.121. The molecule has 2 aliphatic rings. The van der Waals surface area contributed by atoms with Crippen LogP contribution >= 0.6 is 0 Å². The van der Waals surface area contributed by atoms with Gasteiger partial charge in [-0.15, -0.1) is 0 Å². The minimum Gasteiger partial charge on any atom is -0.353 e.